The molecular formula is C12H11BrClN3O. The van der Waals surface area contributed by atoms with Gasteiger partial charge in [0.2, 0.25) is 0 Å². The van der Waals surface area contributed by atoms with E-state index in [2.05, 4.69) is 25.9 Å². The van der Waals surface area contributed by atoms with E-state index in [1.54, 1.807) is 18.2 Å². The molecule has 0 fully saturated rings. The Morgan fingerprint density at radius 1 is 1.33 bits per heavy atom. The molecule has 1 aromatic heterocycles. The summed E-state index contributed by atoms with van der Waals surface area (Å²) in [5.41, 5.74) is 6.45. The number of rotatable bonds is 3. The first-order valence-electron chi connectivity index (χ1n) is 5.22. The number of nitrogens with zero attached hydrogens (tertiary/aromatic N) is 2. The van der Waals surface area contributed by atoms with Gasteiger partial charge in [-0.2, -0.15) is 0 Å². The van der Waals surface area contributed by atoms with Gasteiger partial charge >= 0.3 is 0 Å². The topological polar surface area (TPSA) is 61.0 Å². The van der Waals surface area contributed by atoms with Crippen LogP contribution in [0.25, 0.3) is 0 Å². The summed E-state index contributed by atoms with van der Waals surface area (Å²) in [5, 5.41) is 0.541. The van der Waals surface area contributed by atoms with Crippen LogP contribution in [0, 0.1) is 6.92 Å². The fourth-order valence-corrected chi connectivity index (χ4v) is 1.96. The average Bonchev–Trinajstić information content (AvgIpc) is 2.29. The number of hydrogen-bond donors (Lipinski definition) is 1. The molecule has 1 heterocycles. The highest BCUT2D eigenvalue weighted by Gasteiger charge is 2.05. The van der Waals surface area contributed by atoms with Crippen molar-refractivity contribution < 1.29 is 4.74 Å². The van der Waals surface area contributed by atoms with Crippen molar-refractivity contribution in [2.24, 2.45) is 0 Å². The third kappa shape index (κ3) is 3.34. The second-order valence-electron chi connectivity index (χ2n) is 3.71. The Labute approximate surface area is 118 Å². The molecular weight excluding hydrogens is 318 g/mol. The predicted octanol–water partition coefficient (Wildman–Crippen LogP) is 3.36. The number of aromatic nitrogens is 2. The van der Waals surface area contributed by atoms with E-state index in [-0.39, 0.29) is 6.61 Å². The van der Waals surface area contributed by atoms with Crippen LogP contribution >= 0.6 is 27.5 Å². The Morgan fingerprint density at radius 3 is 2.83 bits per heavy atom. The summed E-state index contributed by atoms with van der Waals surface area (Å²) in [6.07, 6.45) is 0. The van der Waals surface area contributed by atoms with Gasteiger partial charge in [-0.3, -0.25) is 0 Å². The van der Waals surface area contributed by atoms with Crippen LogP contribution in [-0.4, -0.2) is 9.97 Å². The molecule has 1 aromatic carbocycles. The van der Waals surface area contributed by atoms with Crippen molar-refractivity contribution in [2.75, 3.05) is 5.73 Å². The van der Waals surface area contributed by atoms with E-state index >= 15 is 0 Å². The lowest BCUT2D eigenvalue weighted by Gasteiger charge is -2.08. The minimum atomic E-state index is 0.224. The largest absolute Gasteiger partial charge is 0.484 e. The number of ether oxygens (including phenoxy) is 1. The highest BCUT2D eigenvalue weighted by molar-refractivity contribution is 9.10. The number of nitrogens with two attached hydrogens (primary N) is 1. The first kappa shape index (κ1) is 13.1. The van der Waals surface area contributed by atoms with Gasteiger partial charge in [-0.15, -0.1) is 0 Å². The van der Waals surface area contributed by atoms with Crippen LogP contribution in [0.2, 0.25) is 5.02 Å². The molecule has 0 bridgehead atoms. The summed E-state index contributed by atoms with van der Waals surface area (Å²) in [6, 6.07) is 7.10. The van der Waals surface area contributed by atoms with Crippen molar-refractivity contribution in [3.05, 3.63) is 45.3 Å². The second kappa shape index (κ2) is 5.54. The van der Waals surface area contributed by atoms with Crippen molar-refractivity contribution in [2.45, 2.75) is 13.5 Å². The summed E-state index contributed by atoms with van der Waals surface area (Å²) in [6.45, 7) is 2.08. The minimum absolute atomic E-state index is 0.224. The first-order valence-corrected chi connectivity index (χ1v) is 6.39. The number of halogens is 2. The molecule has 0 aliphatic rings. The standard InChI is InChI=1S/C12H11BrClN3O/c1-7-4-11(15)17-12(16-7)6-18-10-5-8(13)2-3-9(10)14/h2-5H,6H2,1H3,(H2,15,16,17). The lowest BCUT2D eigenvalue weighted by atomic mass is 10.3. The number of benzene rings is 1. The minimum Gasteiger partial charge on any atom is -0.484 e. The third-order valence-corrected chi connectivity index (χ3v) is 2.98. The van der Waals surface area contributed by atoms with Crippen molar-refractivity contribution in [3.8, 4) is 5.75 Å². The van der Waals surface area contributed by atoms with Crippen LogP contribution in [0.5, 0.6) is 5.75 Å². The molecule has 0 amide bonds. The van der Waals surface area contributed by atoms with Gasteiger partial charge in [-0.05, 0) is 25.1 Å². The Kier molecular flexibility index (Phi) is 4.04. The van der Waals surface area contributed by atoms with E-state index < -0.39 is 0 Å². The Morgan fingerprint density at radius 2 is 2.11 bits per heavy atom. The van der Waals surface area contributed by atoms with E-state index in [9.17, 15) is 0 Å². The molecule has 0 saturated carbocycles. The smallest absolute Gasteiger partial charge is 0.168 e. The van der Waals surface area contributed by atoms with Gasteiger partial charge < -0.3 is 10.5 Å². The molecule has 0 spiro atoms. The van der Waals surface area contributed by atoms with Crippen molar-refractivity contribution in [1.82, 2.24) is 9.97 Å². The molecule has 18 heavy (non-hydrogen) atoms. The second-order valence-corrected chi connectivity index (χ2v) is 5.04. The fourth-order valence-electron chi connectivity index (χ4n) is 1.45. The SMILES string of the molecule is Cc1cc(N)nc(COc2cc(Br)ccc2Cl)n1. The maximum absolute atomic E-state index is 6.01. The van der Waals surface area contributed by atoms with Crippen molar-refractivity contribution in [3.63, 3.8) is 0 Å². The fraction of sp³-hybridized carbons (Fsp3) is 0.167. The van der Waals surface area contributed by atoms with Gasteiger partial charge in [0, 0.05) is 16.2 Å². The van der Waals surface area contributed by atoms with Crippen LogP contribution in [0.3, 0.4) is 0 Å². The quantitative estimate of drug-likeness (QED) is 0.938. The highest BCUT2D eigenvalue weighted by Crippen LogP contribution is 2.28. The first-order chi connectivity index (χ1) is 8.54. The summed E-state index contributed by atoms with van der Waals surface area (Å²) < 4.78 is 6.47. The molecule has 2 aromatic rings. The molecule has 0 saturated heterocycles. The molecule has 0 aliphatic carbocycles. The van der Waals surface area contributed by atoms with E-state index in [1.165, 1.54) is 0 Å². The Hall–Kier alpha value is -1.33. The zero-order chi connectivity index (χ0) is 13.1. The maximum atomic E-state index is 6.01. The summed E-state index contributed by atoms with van der Waals surface area (Å²) in [5.74, 6) is 1.54. The van der Waals surface area contributed by atoms with Gasteiger partial charge in [-0.25, -0.2) is 9.97 Å². The number of aryl methyl sites for hydroxylation is 1. The Bertz CT molecular complexity index is 557. The van der Waals surface area contributed by atoms with Crippen LogP contribution in [0.4, 0.5) is 5.82 Å². The average molecular weight is 329 g/mol. The van der Waals surface area contributed by atoms with Crippen molar-refractivity contribution in [1.29, 1.82) is 0 Å². The maximum Gasteiger partial charge on any atom is 0.168 e. The molecule has 2 N–H and O–H groups in total. The van der Waals surface area contributed by atoms with Crippen LogP contribution in [0.15, 0.2) is 28.7 Å². The molecule has 4 nitrogen and oxygen atoms in total. The van der Waals surface area contributed by atoms with Gasteiger partial charge in [0.25, 0.3) is 0 Å². The van der Waals surface area contributed by atoms with Gasteiger partial charge in [0.1, 0.15) is 18.2 Å². The molecule has 0 unspecified atom stereocenters. The van der Waals surface area contributed by atoms with Gasteiger partial charge in [0.05, 0.1) is 5.02 Å². The highest BCUT2D eigenvalue weighted by atomic mass is 79.9. The van der Waals surface area contributed by atoms with Crippen LogP contribution in [-0.2, 0) is 6.61 Å². The van der Waals surface area contributed by atoms with Crippen LogP contribution in [0.1, 0.15) is 11.5 Å². The zero-order valence-electron chi connectivity index (χ0n) is 9.65. The lowest BCUT2D eigenvalue weighted by molar-refractivity contribution is 0.295. The number of anilines is 1. The molecule has 6 heteroatoms. The Balaban J connectivity index is 2.13. The summed E-state index contributed by atoms with van der Waals surface area (Å²) in [7, 11) is 0. The van der Waals surface area contributed by atoms with E-state index in [1.807, 2.05) is 13.0 Å². The number of nitrogen functional groups attached to an aromatic ring is 1. The third-order valence-electron chi connectivity index (χ3n) is 2.17. The van der Waals surface area contributed by atoms with E-state index in [4.69, 9.17) is 22.1 Å². The summed E-state index contributed by atoms with van der Waals surface area (Å²) >= 11 is 9.37. The normalized spacial score (nSPS) is 10.4. The zero-order valence-corrected chi connectivity index (χ0v) is 12.0. The molecule has 0 radical (unpaired) electrons. The lowest BCUT2D eigenvalue weighted by Crippen LogP contribution is -2.05. The number of hydrogen-bond acceptors (Lipinski definition) is 4. The van der Waals surface area contributed by atoms with Gasteiger partial charge in [-0.1, -0.05) is 27.5 Å². The van der Waals surface area contributed by atoms with Gasteiger partial charge in [0.15, 0.2) is 5.82 Å². The van der Waals surface area contributed by atoms with Crippen LogP contribution < -0.4 is 10.5 Å². The molecule has 0 atom stereocenters. The van der Waals surface area contributed by atoms with Crippen molar-refractivity contribution >= 4 is 33.3 Å². The molecule has 2 rings (SSSR count). The van der Waals surface area contributed by atoms with E-state index in [0.29, 0.717) is 22.4 Å². The molecule has 94 valence electrons. The summed E-state index contributed by atoms with van der Waals surface area (Å²) in [4.78, 5) is 8.32. The van der Waals surface area contributed by atoms with E-state index in [0.717, 1.165) is 10.2 Å². The predicted molar refractivity (Wildman–Crippen MR) is 74.7 cm³/mol. The monoisotopic (exact) mass is 327 g/mol. The molecule has 0 aliphatic heterocycles.